The second kappa shape index (κ2) is 6.61. The lowest BCUT2D eigenvalue weighted by Gasteiger charge is -2.17. The summed E-state index contributed by atoms with van der Waals surface area (Å²) in [5.41, 5.74) is 6.55. The Kier molecular flexibility index (Phi) is 5.44. The zero-order chi connectivity index (χ0) is 12.7. The third-order valence-electron chi connectivity index (χ3n) is 2.50. The molecule has 0 aliphatic rings. The molecule has 0 bridgehead atoms. The van der Waals surface area contributed by atoms with Crippen LogP contribution in [-0.4, -0.2) is 25.3 Å². The molecular formula is C12H17F3N2. The quantitative estimate of drug-likeness (QED) is 0.806. The molecular weight excluding hydrogens is 229 g/mol. The largest absolute Gasteiger partial charge is 0.401 e. The van der Waals surface area contributed by atoms with E-state index in [-0.39, 0.29) is 12.6 Å². The molecule has 1 aromatic rings. The zero-order valence-electron chi connectivity index (χ0n) is 9.50. The topological polar surface area (TPSA) is 38.0 Å². The Bertz CT molecular complexity index is 311. The Morgan fingerprint density at radius 2 is 1.82 bits per heavy atom. The van der Waals surface area contributed by atoms with Crippen molar-refractivity contribution >= 4 is 0 Å². The molecule has 0 saturated heterocycles. The highest BCUT2D eigenvalue weighted by Crippen LogP contribution is 2.13. The van der Waals surface area contributed by atoms with Gasteiger partial charge in [0, 0.05) is 12.6 Å². The Morgan fingerprint density at radius 1 is 1.18 bits per heavy atom. The van der Waals surface area contributed by atoms with Crippen LogP contribution in [0.1, 0.15) is 12.0 Å². The van der Waals surface area contributed by atoms with E-state index in [0.717, 1.165) is 12.0 Å². The van der Waals surface area contributed by atoms with Crippen molar-refractivity contribution in [1.82, 2.24) is 5.32 Å². The molecule has 0 aliphatic heterocycles. The molecule has 0 aromatic heterocycles. The minimum atomic E-state index is -4.18. The summed E-state index contributed by atoms with van der Waals surface area (Å²) in [5, 5.41) is 2.43. The van der Waals surface area contributed by atoms with Crippen LogP contribution < -0.4 is 11.1 Å². The Labute approximate surface area is 99.0 Å². The molecule has 1 unspecified atom stereocenters. The molecule has 1 rings (SSSR count). The molecule has 0 radical (unpaired) electrons. The van der Waals surface area contributed by atoms with Gasteiger partial charge in [-0.25, -0.2) is 0 Å². The van der Waals surface area contributed by atoms with Gasteiger partial charge in [0.1, 0.15) is 0 Å². The maximum Gasteiger partial charge on any atom is 0.401 e. The van der Waals surface area contributed by atoms with Crippen LogP contribution in [0.3, 0.4) is 0 Å². The lowest BCUT2D eigenvalue weighted by molar-refractivity contribution is -0.126. The molecule has 0 aliphatic carbocycles. The maximum absolute atomic E-state index is 12.0. The summed E-state index contributed by atoms with van der Waals surface area (Å²) in [4.78, 5) is 0. The summed E-state index contributed by atoms with van der Waals surface area (Å²) >= 11 is 0. The molecule has 0 heterocycles. The van der Waals surface area contributed by atoms with Gasteiger partial charge in [-0.3, -0.25) is 0 Å². The Hall–Kier alpha value is -1.07. The van der Waals surface area contributed by atoms with Crippen LogP contribution in [0.2, 0.25) is 0 Å². The number of halogens is 3. The van der Waals surface area contributed by atoms with Crippen LogP contribution in [0, 0.1) is 0 Å². The minimum Gasteiger partial charge on any atom is -0.329 e. The van der Waals surface area contributed by atoms with E-state index in [9.17, 15) is 13.2 Å². The van der Waals surface area contributed by atoms with Gasteiger partial charge in [0.05, 0.1) is 6.54 Å². The predicted octanol–water partition coefficient (Wildman–Crippen LogP) is 2.10. The molecule has 3 N–H and O–H groups in total. The summed E-state index contributed by atoms with van der Waals surface area (Å²) in [6, 6.07) is 9.35. The van der Waals surface area contributed by atoms with E-state index >= 15 is 0 Å². The lowest BCUT2D eigenvalue weighted by Crippen LogP contribution is -2.41. The second-order valence-corrected chi connectivity index (χ2v) is 3.95. The molecule has 1 atom stereocenters. The summed E-state index contributed by atoms with van der Waals surface area (Å²) in [5.74, 6) is 0. The van der Waals surface area contributed by atoms with Crippen molar-refractivity contribution in [1.29, 1.82) is 0 Å². The number of rotatable bonds is 6. The van der Waals surface area contributed by atoms with E-state index in [2.05, 4.69) is 5.32 Å². The van der Waals surface area contributed by atoms with Gasteiger partial charge in [-0.1, -0.05) is 30.3 Å². The van der Waals surface area contributed by atoms with Crippen LogP contribution in [0.15, 0.2) is 30.3 Å². The van der Waals surface area contributed by atoms with Crippen molar-refractivity contribution in [2.45, 2.75) is 25.1 Å². The summed E-state index contributed by atoms with van der Waals surface area (Å²) in [6.45, 7) is -0.771. The van der Waals surface area contributed by atoms with Gasteiger partial charge in [0.15, 0.2) is 0 Å². The third kappa shape index (κ3) is 6.28. The minimum absolute atomic E-state index is 0.211. The fourth-order valence-corrected chi connectivity index (χ4v) is 1.55. The van der Waals surface area contributed by atoms with E-state index < -0.39 is 12.7 Å². The first-order valence-corrected chi connectivity index (χ1v) is 5.55. The van der Waals surface area contributed by atoms with Crippen molar-refractivity contribution in [3.63, 3.8) is 0 Å². The average Bonchev–Trinajstić information content (AvgIpc) is 2.29. The number of benzene rings is 1. The molecule has 0 amide bonds. The molecule has 0 spiro atoms. The number of nitrogens with one attached hydrogen (secondary N) is 1. The fourth-order valence-electron chi connectivity index (χ4n) is 1.55. The highest BCUT2D eigenvalue weighted by molar-refractivity contribution is 5.14. The highest BCUT2D eigenvalue weighted by Gasteiger charge is 2.27. The van der Waals surface area contributed by atoms with Gasteiger partial charge in [-0.15, -0.1) is 0 Å². The fraction of sp³-hybridized carbons (Fsp3) is 0.500. The van der Waals surface area contributed by atoms with E-state index in [1.807, 2.05) is 30.3 Å². The Balaban J connectivity index is 2.33. The first-order chi connectivity index (χ1) is 8.01. The monoisotopic (exact) mass is 246 g/mol. The van der Waals surface area contributed by atoms with Gasteiger partial charge in [0.2, 0.25) is 0 Å². The van der Waals surface area contributed by atoms with Gasteiger partial charge in [-0.2, -0.15) is 13.2 Å². The number of aryl methyl sites for hydroxylation is 1. The molecule has 0 fully saturated rings. The molecule has 96 valence electrons. The SMILES string of the molecule is NCC(CCc1ccccc1)NCC(F)(F)F. The first kappa shape index (κ1) is 14.0. The molecule has 0 saturated carbocycles. The predicted molar refractivity (Wildman–Crippen MR) is 61.7 cm³/mol. The van der Waals surface area contributed by atoms with Gasteiger partial charge < -0.3 is 11.1 Å². The van der Waals surface area contributed by atoms with Crippen LogP contribution >= 0.6 is 0 Å². The first-order valence-electron chi connectivity index (χ1n) is 5.55. The second-order valence-electron chi connectivity index (χ2n) is 3.95. The maximum atomic E-state index is 12.0. The van der Waals surface area contributed by atoms with Crippen molar-refractivity contribution < 1.29 is 13.2 Å². The summed E-state index contributed by atoms with van der Waals surface area (Å²) in [6.07, 6.45) is -2.84. The van der Waals surface area contributed by atoms with Gasteiger partial charge in [-0.05, 0) is 18.4 Å². The zero-order valence-corrected chi connectivity index (χ0v) is 9.50. The smallest absolute Gasteiger partial charge is 0.329 e. The van der Waals surface area contributed by atoms with Crippen molar-refractivity contribution in [3.8, 4) is 0 Å². The summed E-state index contributed by atoms with van der Waals surface area (Å²) < 4.78 is 36.0. The van der Waals surface area contributed by atoms with Crippen LogP contribution in [0.25, 0.3) is 0 Å². The molecule has 2 nitrogen and oxygen atoms in total. The molecule has 17 heavy (non-hydrogen) atoms. The molecule has 5 heteroatoms. The number of hydrogen-bond donors (Lipinski definition) is 2. The van der Waals surface area contributed by atoms with Crippen molar-refractivity contribution in [2.75, 3.05) is 13.1 Å². The van der Waals surface area contributed by atoms with Crippen LogP contribution in [0.4, 0.5) is 13.2 Å². The van der Waals surface area contributed by atoms with Crippen LogP contribution in [0.5, 0.6) is 0 Å². The van der Waals surface area contributed by atoms with E-state index in [1.54, 1.807) is 0 Å². The normalized spacial score (nSPS) is 13.6. The van der Waals surface area contributed by atoms with E-state index in [4.69, 9.17) is 5.73 Å². The number of nitrogens with two attached hydrogens (primary N) is 1. The third-order valence-corrected chi connectivity index (χ3v) is 2.50. The number of hydrogen-bond acceptors (Lipinski definition) is 2. The van der Waals surface area contributed by atoms with Crippen molar-refractivity contribution in [2.24, 2.45) is 5.73 Å². The lowest BCUT2D eigenvalue weighted by atomic mass is 10.1. The van der Waals surface area contributed by atoms with E-state index in [0.29, 0.717) is 6.42 Å². The Morgan fingerprint density at radius 3 is 2.35 bits per heavy atom. The average molecular weight is 246 g/mol. The molecule has 1 aromatic carbocycles. The highest BCUT2D eigenvalue weighted by atomic mass is 19.4. The summed E-state index contributed by atoms with van der Waals surface area (Å²) in [7, 11) is 0. The number of alkyl halides is 3. The van der Waals surface area contributed by atoms with Crippen molar-refractivity contribution in [3.05, 3.63) is 35.9 Å². The van der Waals surface area contributed by atoms with Gasteiger partial charge in [0.25, 0.3) is 0 Å². The van der Waals surface area contributed by atoms with E-state index in [1.165, 1.54) is 0 Å². The van der Waals surface area contributed by atoms with Gasteiger partial charge >= 0.3 is 6.18 Å². The standard InChI is InChI=1S/C12H17F3N2/c13-12(14,15)9-17-11(8-16)7-6-10-4-2-1-3-5-10/h1-5,11,17H,6-9,16H2. The van der Waals surface area contributed by atoms with Crippen LogP contribution in [-0.2, 0) is 6.42 Å².